The van der Waals surface area contributed by atoms with Gasteiger partial charge in [0, 0.05) is 30.7 Å². The van der Waals surface area contributed by atoms with Gasteiger partial charge < -0.3 is 15.4 Å². The molecule has 20 heavy (non-hydrogen) atoms. The molecule has 2 unspecified atom stereocenters. The SMILES string of the molecule is CCN=C(NC(C)C)NC1CC(OCC)C12CCC2.I. The minimum absolute atomic E-state index is 0. The molecule has 0 radical (unpaired) electrons. The minimum Gasteiger partial charge on any atom is -0.378 e. The Hall–Kier alpha value is -0.0400. The van der Waals surface area contributed by atoms with Gasteiger partial charge in [0.1, 0.15) is 0 Å². The number of nitrogens with zero attached hydrogens (tertiary/aromatic N) is 1. The van der Waals surface area contributed by atoms with Crippen molar-refractivity contribution in [2.75, 3.05) is 13.2 Å². The second-order valence-corrected chi connectivity index (χ2v) is 6.09. The molecule has 2 N–H and O–H groups in total. The van der Waals surface area contributed by atoms with Crippen LogP contribution in [0.2, 0.25) is 0 Å². The standard InChI is InChI=1S/C15H29N3O.HI/c1-5-16-14(17-11(3)4)18-12-10-13(19-6-2)15(12)8-7-9-15;/h11-13H,5-10H2,1-4H3,(H2,16,17,18);1H. The van der Waals surface area contributed by atoms with Crippen molar-refractivity contribution in [1.82, 2.24) is 10.6 Å². The predicted octanol–water partition coefficient (Wildman–Crippen LogP) is 2.92. The topological polar surface area (TPSA) is 45.7 Å². The Kier molecular flexibility index (Phi) is 7.04. The maximum absolute atomic E-state index is 5.89. The zero-order valence-corrected chi connectivity index (χ0v) is 15.6. The maximum atomic E-state index is 5.89. The molecule has 2 fully saturated rings. The van der Waals surface area contributed by atoms with Crippen molar-refractivity contribution in [3.8, 4) is 0 Å². The van der Waals surface area contributed by atoms with Gasteiger partial charge in [-0.3, -0.25) is 4.99 Å². The highest BCUT2D eigenvalue weighted by Crippen LogP contribution is 2.57. The number of guanidine groups is 1. The Morgan fingerprint density at radius 3 is 2.50 bits per heavy atom. The summed E-state index contributed by atoms with van der Waals surface area (Å²) in [6.45, 7) is 10.1. The molecule has 0 bridgehead atoms. The van der Waals surface area contributed by atoms with E-state index >= 15 is 0 Å². The van der Waals surface area contributed by atoms with Crippen LogP contribution in [0.1, 0.15) is 53.4 Å². The average molecular weight is 395 g/mol. The monoisotopic (exact) mass is 395 g/mol. The highest BCUT2D eigenvalue weighted by molar-refractivity contribution is 14.0. The van der Waals surface area contributed by atoms with Crippen LogP contribution in [-0.2, 0) is 4.74 Å². The molecule has 1 spiro atoms. The van der Waals surface area contributed by atoms with Crippen LogP contribution < -0.4 is 10.6 Å². The summed E-state index contributed by atoms with van der Waals surface area (Å²) in [5, 5.41) is 7.04. The fourth-order valence-corrected chi connectivity index (χ4v) is 3.37. The van der Waals surface area contributed by atoms with E-state index in [-0.39, 0.29) is 24.0 Å². The van der Waals surface area contributed by atoms with Crippen LogP contribution in [0, 0.1) is 5.41 Å². The molecule has 2 atom stereocenters. The van der Waals surface area contributed by atoms with Crippen molar-refractivity contribution >= 4 is 29.9 Å². The molecule has 0 aromatic heterocycles. The van der Waals surface area contributed by atoms with Gasteiger partial charge in [0.25, 0.3) is 0 Å². The van der Waals surface area contributed by atoms with Crippen LogP contribution in [0.15, 0.2) is 4.99 Å². The first-order valence-corrected chi connectivity index (χ1v) is 7.81. The van der Waals surface area contributed by atoms with Gasteiger partial charge in [-0.1, -0.05) is 6.42 Å². The molecule has 2 saturated carbocycles. The molecule has 4 nitrogen and oxygen atoms in total. The molecule has 0 aromatic rings. The number of nitrogens with one attached hydrogen (secondary N) is 2. The predicted molar refractivity (Wildman–Crippen MR) is 94.9 cm³/mol. The van der Waals surface area contributed by atoms with E-state index in [9.17, 15) is 0 Å². The first-order valence-electron chi connectivity index (χ1n) is 7.81. The van der Waals surface area contributed by atoms with Gasteiger partial charge in [0.15, 0.2) is 5.96 Å². The van der Waals surface area contributed by atoms with Crippen LogP contribution in [0.5, 0.6) is 0 Å². The van der Waals surface area contributed by atoms with Gasteiger partial charge in [-0.2, -0.15) is 0 Å². The van der Waals surface area contributed by atoms with Gasteiger partial charge in [-0.05, 0) is 47.0 Å². The molecule has 118 valence electrons. The normalized spacial score (nSPS) is 27.6. The second-order valence-electron chi connectivity index (χ2n) is 6.09. The number of hydrogen-bond donors (Lipinski definition) is 2. The number of hydrogen-bond acceptors (Lipinski definition) is 2. The largest absolute Gasteiger partial charge is 0.378 e. The molecular weight excluding hydrogens is 365 g/mol. The molecule has 2 rings (SSSR count). The Labute approximate surface area is 140 Å². The molecular formula is C15H30IN3O. The Morgan fingerprint density at radius 1 is 1.35 bits per heavy atom. The molecule has 0 amide bonds. The number of halogens is 1. The van der Waals surface area contributed by atoms with Gasteiger partial charge >= 0.3 is 0 Å². The molecule has 5 heteroatoms. The van der Waals surface area contributed by atoms with Crippen LogP contribution in [0.4, 0.5) is 0 Å². The van der Waals surface area contributed by atoms with Crippen LogP contribution in [0.3, 0.4) is 0 Å². The molecule has 0 heterocycles. The average Bonchev–Trinajstić information content (AvgIpc) is 2.24. The fraction of sp³-hybridized carbons (Fsp3) is 0.933. The first kappa shape index (κ1) is 18.0. The lowest BCUT2D eigenvalue weighted by Gasteiger charge is -2.61. The molecule has 0 saturated heterocycles. The lowest BCUT2D eigenvalue weighted by Crippen LogP contribution is -2.68. The Balaban J connectivity index is 0.00000200. The summed E-state index contributed by atoms with van der Waals surface area (Å²) in [4.78, 5) is 4.53. The van der Waals surface area contributed by atoms with Crippen molar-refractivity contribution in [2.24, 2.45) is 10.4 Å². The van der Waals surface area contributed by atoms with Crippen molar-refractivity contribution in [3.05, 3.63) is 0 Å². The van der Waals surface area contributed by atoms with Gasteiger partial charge in [-0.15, -0.1) is 24.0 Å². The van der Waals surface area contributed by atoms with E-state index in [0.29, 0.717) is 23.6 Å². The van der Waals surface area contributed by atoms with E-state index in [4.69, 9.17) is 4.74 Å². The van der Waals surface area contributed by atoms with Gasteiger partial charge in [0.2, 0.25) is 0 Å². The zero-order valence-electron chi connectivity index (χ0n) is 13.2. The van der Waals surface area contributed by atoms with Crippen molar-refractivity contribution in [1.29, 1.82) is 0 Å². The first-order chi connectivity index (χ1) is 9.12. The lowest BCUT2D eigenvalue weighted by atomic mass is 9.51. The molecule has 0 aliphatic heterocycles. The van der Waals surface area contributed by atoms with Crippen LogP contribution >= 0.6 is 24.0 Å². The highest BCUT2D eigenvalue weighted by Gasteiger charge is 2.59. The smallest absolute Gasteiger partial charge is 0.191 e. The second kappa shape index (κ2) is 7.82. The van der Waals surface area contributed by atoms with E-state index in [1.165, 1.54) is 19.3 Å². The van der Waals surface area contributed by atoms with E-state index in [2.05, 4.69) is 43.3 Å². The highest BCUT2D eigenvalue weighted by atomic mass is 127. The Bertz CT molecular complexity index is 329. The summed E-state index contributed by atoms with van der Waals surface area (Å²) in [6, 6.07) is 0.951. The summed E-state index contributed by atoms with van der Waals surface area (Å²) in [7, 11) is 0. The lowest BCUT2D eigenvalue weighted by molar-refractivity contribution is -0.168. The van der Waals surface area contributed by atoms with E-state index < -0.39 is 0 Å². The molecule has 0 aromatic carbocycles. The number of ether oxygens (including phenoxy) is 1. The van der Waals surface area contributed by atoms with Crippen LogP contribution in [0.25, 0.3) is 0 Å². The summed E-state index contributed by atoms with van der Waals surface area (Å²) >= 11 is 0. The van der Waals surface area contributed by atoms with E-state index in [1.807, 2.05) is 0 Å². The number of rotatable bonds is 5. The van der Waals surface area contributed by atoms with Crippen LogP contribution in [-0.4, -0.2) is 37.3 Å². The molecule has 2 aliphatic rings. The fourth-order valence-electron chi connectivity index (χ4n) is 3.37. The zero-order chi connectivity index (χ0) is 13.9. The summed E-state index contributed by atoms with van der Waals surface area (Å²) < 4.78 is 5.89. The van der Waals surface area contributed by atoms with Gasteiger partial charge in [0.05, 0.1) is 6.10 Å². The van der Waals surface area contributed by atoms with Crippen molar-refractivity contribution in [3.63, 3.8) is 0 Å². The van der Waals surface area contributed by atoms with E-state index in [1.54, 1.807) is 0 Å². The quantitative estimate of drug-likeness (QED) is 0.428. The third-order valence-electron chi connectivity index (χ3n) is 4.49. The summed E-state index contributed by atoms with van der Waals surface area (Å²) in [6.07, 6.45) is 5.54. The number of aliphatic imine (C=N–C) groups is 1. The van der Waals surface area contributed by atoms with Crippen molar-refractivity contribution < 1.29 is 4.74 Å². The maximum Gasteiger partial charge on any atom is 0.191 e. The summed E-state index contributed by atoms with van der Waals surface area (Å²) in [5.41, 5.74) is 0.392. The van der Waals surface area contributed by atoms with E-state index in [0.717, 1.165) is 25.5 Å². The minimum atomic E-state index is 0. The third-order valence-corrected chi connectivity index (χ3v) is 4.49. The molecule has 2 aliphatic carbocycles. The summed E-state index contributed by atoms with van der Waals surface area (Å²) in [5.74, 6) is 0.962. The Morgan fingerprint density at radius 2 is 2.05 bits per heavy atom. The van der Waals surface area contributed by atoms with Gasteiger partial charge in [-0.25, -0.2) is 0 Å². The third kappa shape index (κ3) is 3.59. The van der Waals surface area contributed by atoms with Crippen molar-refractivity contribution in [2.45, 2.75) is 71.6 Å².